The van der Waals surface area contributed by atoms with Gasteiger partial charge in [0.2, 0.25) is 0 Å². The number of carbonyl (C=O) groups is 2. The van der Waals surface area contributed by atoms with Crippen LogP contribution in [-0.4, -0.2) is 25.5 Å². The summed E-state index contributed by atoms with van der Waals surface area (Å²) in [6, 6.07) is 11.1. The van der Waals surface area contributed by atoms with E-state index in [4.69, 9.17) is 15.2 Å². The molecule has 2 aromatic carbocycles. The number of allylic oxidation sites excluding steroid dienone is 2. The topological polar surface area (TPSA) is 78.6 Å². The van der Waals surface area contributed by atoms with Crippen LogP contribution < -0.4 is 10.5 Å². The highest BCUT2D eigenvalue weighted by Crippen LogP contribution is 2.43. The minimum absolute atomic E-state index is 0.228. The molecule has 2 atom stereocenters. The van der Waals surface area contributed by atoms with Crippen molar-refractivity contribution in [3.8, 4) is 5.75 Å². The number of ether oxygens (including phenoxy) is 2. The number of nitrogen functional groups attached to an aromatic ring is 1. The van der Waals surface area contributed by atoms with Crippen molar-refractivity contribution >= 4 is 54.9 Å². The van der Waals surface area contributed by atoms with Gasteiger partial charge in [-0.3, -0.25) is 9.59 Å². The van der Waals surface area contributed by atoms with Crippen LogP contribution in [0.2, 0.25) is 0 Å². The first-order valence-corrected chi connectivity index (χ1v) is 10.7. The maximum absolute atomic E-state index is 13.0. The average Bonchev–Trinajstić information content (AvgIpc) is 2.67. The Morgan fingerprint density at radius 3 is 2.34 bits per heavy atom. The van der Waals surface area contributed by atoms with Crippen LogP contribution in [0.4, 0.5) is 5.69 Å². The number of ketones is 1. The zero-order valence-corrected chi connectivity index (χ0v) is 19.2. The molecule has 0 fully saturated rings. The summed E-state index contributed by atoms with van der Waals surface area (Å²) in [7, 11) is 1.59. The molecule has 0 radical (unpaired) electrons. The largest absolute Gasteiger partial charge is 0.494 e. The van der Waals surface area contributed by atoms with Crippen LogP contribution in [-0.2, 0) is 14.3 Å². The molecule has 0 amide bonds. The van der Waals surface area contributed by atoms with E-state index in [-0.39, 0.29) is 18.3 Å². The highest BCUT2D eigenvalue weighted by molar-refractivity contribution is 9.11. The number of carbonyl (C=O) groups excluding carboxylic acids is 2. The second-order valence-corrected chi connectivity index (χ2v) is 8.46. The number of esters is 1. The number of hydrogen-bond acceptors (Lipinski definition) is 5. The normalized spacial score (nSPS) is 18.9. The molecule has 2 aromatic rings. The van der Waals surface area contributed by atoms with Crippen LogP contribution >= 0.6 is 31.9 Å². The Labute approximate surface area is 186 Å². The fraction of sp³-hybridized carbons (Fsp3) is 0.273. The zero-order chi connectivity index (χ0) is 21.1. The van der Waals surface area contributed by atoms with Crippen molar-refractivity contribution < 1.29 is 19.1 Å². The molecule has 0 aliphatic heterocycles. The third-order valence-corrected chi connectivity index (χ3v) is 6.12. The standard InChI is InChI=1S/C22H21Br2NO4/c1-3-29-22(27)20-16(12-4-6-15(25)7-5-12)8-13(11-19(20)26)14-9-17(23)21(28-2)18(24)10-14/h4-7,9-11,16,20H,3,8,25H2,1-2H3. The van der Waals surface area contributed by atoms with Crippen LogP contribution in [0.3, 0.4) is 0 Å². The van der Waals surface area contributed by atoms with E-state index in [1.54, 1.807) is 32.2 Å². The van der Waals surface area contributed by atoms with Gasteiger partial charge < -0.3 is 15.2 Å². The average molecular weight is 523 g/mol. The number of benzene rings is 2. The summed E-state index contributed by atoms with van der Waals surface area (Å²) in [5.74, 6) is -1.27. The molecule has 0 spiro atoms. The summed E-state index contributed by atoms with van der Waals surface area (Å²) < 4.78 is 12.1. The number of rotatable bonds is 5. The summed E-state index contributed by atoms with van der Waals surface area (Å²) >= 11 is 7.02. The zero-order valence-electron chi connectivity index (χ0n) is 16.1. The Morgan fingerprint density at radius 2 is 1.79 bits per heavy atom. The minimum Gasteiger partial charge on any atom is -0.494 e. The molecule has 2 N–H and O–H groups in total. The fourth-order valence-corrected chi connectivity index (χ4v) is 5.09. The van der Waals surface area contributed by atoms with Crippen molar-refractivity contribution in [3.05, 3.63) is 62.5 Å². The monoisotopic (exact) mass is 521 g/mol. The van der Waals surface area contributed by atoms with Crippen molar-refractivity contribution in [3.63, 3.8) is 0 Å². The van der Waals surface area contributed by atoms with Crippen molar-refractivity contribution in [2.45, 2.75) is 19.3 Å². The Morgan fingerprint density at radius 1 is 1.17 bits per heavy atom. The van der Waals surface area contributed by atoms with Crippen LogP contribution in [0.1, 0.15) is 30.4 Å². The molecule has 0 saturated carbocycles. The van der Waals surface area contributed by atoms with E-state index in [0.29, 0.717) is 17.9 Å². The summed E-state index contributed by atoms with van der Waals surface area (Å²) in [6.07, 6.45) is 2.07. The summed E-state index contributed by atoms with van der Waals surface area (Å²) in [4.78, 5) is 25.6. The first kappa shape index (κ1) is 21.6. The molecule has 7 heteroatoms. The van der Waals surface area contributed by atoms with Gasteiger partial charge in [0.25, 0.3) is 0 Å². The first-order valence-electron chi connectivity index (χ1n) is 9.15. The van der Waals surface area contributed by atoms with Crippen LogP contribution in [0, 0.1) is 5.92 Å². The Bertz CT molecular complexity index is 946. The minimum atomic E-state index is -0.868. The van der Waals surface area contributed by atoms with Gasteiger partial charge in [-0.15, -0.1) is 0 Å². The van der Waals surface area contributed by atoms with Crippen LogP contribution in [0.25, 0.3) is 5.57 Å². The molecule has 1 aliphatic rings. The van der Waals surface area contributed by atoms with E-state index in [0.717, 1.165) is 25.6 Å². The highest BCUT2D eigenvalue weighted by Gasteiger charge is 2.39. The van der Waals surface area contributed by atoms with Crippen molar-refractivity contribution in [2.75, 3.05) is 19.5 Å². The lowest BCUT2D eigenvalue weighted by Gasteiger charge is -2.29. The van der Waals surface area contributed by atoms with Crippen LogP contribution in [0.15, 0.2) is 51.4 Å². The molecule has 2 unspecified atom stereocenters. The maximum atomic E-state index is 13.0. The van der Waals surface area contributed by atoms with Crippen molar-refractivity contribution in [1.29, 1.82) is 0 Å². The number of hydrogen-bond donors (Lipinski definition) is 1. The van der Waals surface area contributed by atoms with Gasteiger partial charge in [-0.25, -0.2) is 0 Å². The van der Waals surface area contributed by atoms with E-state index in [9.17, 15) is 9.59 Å². The molecule has 0 heterocycles. The lowest BCUT2D eigenvalue weighted by Crippen LogP contribution is -2.34. The first-order chi connectivity index (χ1) is 13.8. The molecular weight excluding hydrogens is 502 g/mol. The summed E-state index contributed by atoms with van der Waals surface area (Å²) in [5, 5.41) is 0. The third-order valence-electron chi connectivity index (χ3n) is 4.94. The van der Waals surface area contributed by atoms with E-state index < -0.39 is 11.9 Å². The second kappa shape index (κ2) is 9.13. The van der Waals surface area contributed by atoms with Gasteiger partial charge in [0.1, 0.15) is 11.7 Å². The Balaban J connectivity index is 2.05. The smallest absolute Gasteiger partial charge is 0.317 e. The highest BCUT2D eigenvalue weighted by atomic mass is 79.9. The molecule has 29 heavy (non-hydrogen) atoms. The van der Waals surface area contributed by atoms with Crippen LogP contribution in [0.5, 0.6) is 5.75 Å². The predicted molar refractivity (Wildman–Crippen MR) is 120 cm³/mol. The molecule has 3 rings (SSSR count). The number of methoxy groups -OCH3 is 1. The third kappa shape index (κ3) is 4.56. The van der Waals surface area contributed by atoms with E-state index >= 15 is 0 Å². The lowest BCUT2D eigenvalue weighted by atomic mass is 9.73. The van der Waals surface area contributed by atoms with Gasteiger partial charge in [0, 0.05) is 11.6 Å². The van der Waals surface area contributed by atoms with Crippen molar-refractivity contribution in [2.24, 2.45) is 5.92 Å². The molecular formula is C22H21Br2NO4. The molecule has 152 valence electrons. The van der Waals surface area contributed by atoms with Gasteiger partial charge in [0.15, 0.2) is 5.78 Å². The van der Waals surface area contributed by atoms with Crippen molar-refractivity contribution in [1.82, 2.24) is 0 Å². The molecule has 5 nitrogen and oxygen atoms in total. The SMILES string of the molecule is CCOC(=O)C1C(=O)C=C(c2cc(Br)c(OC)c(Br)c2)CC1c1ccc(N)cc1. The summed E-state index contributed by atoms with van der Waals surface area (Å²) in [6.45, 7) is 1.96. The Hall–Kier alpha value is -2.12. The summed E-state index contributed by atoms with van der Waals surface area (Å²) in [5.41, 5.74) is 9.04. The number of halogens is 2. The van der Waals surface area contributed by atoms with E-state index in [2.05, 4.69) is 31.9 Å². The van der Waals surface area contributed by atoms with Gasteiger partial charge in [-0.1, -0.05) is 12.1 Å². The molecule has 0 bridgehead atoms. The quantitative estimate of drug-likeness (QED) is 0.335. The fourth-order valence-electron chi connectivity index (χ4n) is 3.58. The van der Waals surface area contributed by atoms with Gasteiger partial charge in [-0.2, -0.15) is 0 Å². The van der Waals surface area contributed by atoms with Gasteiger partial charge in [0.05, 0.1) is 22.7 Å². The number of nitrogens with two attached hydrogens (primary N) is 1. The van der Waals surface area contributed by atoms with Gasteiger partial charge in [-0.05, 0) is 92.2 Å². The van der Waals surface area contributed by atoms with E-state index in [1.165, 1.54) is 0 Å². The predicted octanol–water partition coefficient (Wildman–Crippen LogP) is 5.12. The molecule has 0 aromatic heterocycles. The maximum Gasteiger partial charge on any atom is 0.317 e. The number of anilines is 1. The molecule has 1 aliphatic carbocycles. The van der Waals surface area contributed by atoms with E-state index in [1.807, 2.05) is 24.3 Å². The Kier molecular flexibility index (Phi) is 6.80. The molecule has 0 saturated heterocycles. The van der Waals surface area contributed by atoms with Gasteiger partial charge >= 0.3 is 5.97 Å². The lowest BCUT2D eigenvalue weighted by molar-refractivity contribution is -0.151. The second-order valence-electron chi connectivity index (χ2n) is 6.75.